The molecule has 2 fully saturated rings. The Morgan fingerprint density at radius 3 is 2.24 bits per heavy atom. The van der Waals surface area contributed by atoms with E-state index in [1.807, 2.05) is 0 Å². The van der Waals surface area contributed by atoms with Crippen LogP contribution in [0.15, 0.2) is 12.1 Å². The van der Waals surface area contributed by atoms with E-state index in [4.69, 9.17) is 4.74 Å². The molecule has 1 aliphatic carbocycles. The van der Waals surface area contributed by atoms with Gasteiger partial charge in [-0.3, -0.25) is 4.79 Å². The molecule has 0 spiro atoms. The van der Waals surface area contributed by atoms with Gasteiger partial charge in [0.15, 0.2) is 11.6 Å². The van der Waals surface area contributed by atoms with Gasteiger partial charge in [-0.05, 0) is 50.0 Å². The van der Waals surface area contributed by atoms with Crippen LogP contribution in [0.4, 0.5) is 8.78 Å². The Hall–Kier alpha value is -1.45. The first-order valence-corrected chi connectivity index (χ1v) is 11.6. The first kappa shape index (κ1) is 22.2. The van der Waals surface area contributed by atoms with Crippen molar-refractivity contribution in [3.63, 3.8) is 0 Å². The van der Waals surface area contributed by atoms with E-state index in [2.05, 4.69) is 6.92 Å². The number of aryl methyl sites for hydroxylation is 1. The van der Waals surface area contributed by atoms with Crippen LogP contribution >= 0.6 is 0 Å². The topological polar surface area (TPSA) is 26.3 Å². The van der Waals surface area contributed by atoms with Crippen LogP contribution in [0.5, 0.6) is 0 Å². The third kappa shape index (κ3) is 5.79. The fourth-order valence-electron chi connectivity index (χ4n) is 5.09. The summed E-state index contributed by atoms with van der Waals surface area (Å²) >= 11 is 0. The van der Waals surface area contributed by atoms with Crippen LogP contribution in [0.1, 0.15) is 101 Å². The zero-order valence-electron chi connectivity index (χ0n) is 18.0. The third-order valence-corrected chi connectivity index (χ3v) is 7.13. The summed E-state index contributed by atoms with van der Waals surface area (Å²) in [5, 5.41) is 0. The quantitative estimate of drug-likeness (QED) is 0.331. The molecule has 29 heavy (non-hydrogen) atoms. The summed E-state index contributed by atoms with van der Waals surface area (Å²) in [5.74, 6) is -0.417. The molecule has 2 aliphatic rings. The zero-order valence-corrected chi connectivity index (χ0v) is 18.0. The molecule has 1 heterocycles. The predicted octanol–water partition coefficient (Wildman–Crippen LogP) is 7.43. The van der Waals surface area contributed by atoms with Crippen LogP contribution < -0.4 is 0 Å². The lowest BCUT2D eigenvalue weighted by Crippen LogP contribution is -2.28. The van der Waals surface area contributed by atoms with E-state index >= 15 is 0 Å². The van der Waals surface area contributed by atoms with Gasteiger partial charge in [-0.15, -0.1) is 0 Å². The molecule has 162 valence electrons. The molecular formula is C25H36F2O2. The van der Waals surface area contributed by atoms with Gasteiger partial charge in [0.25, 0.3) is 0 Å². The monoisotopic (exact) mass is 406 g/mol. The molecule has 0 amide bonds. The van der Waals surface area contributed by atoms with Crippen molar-refractivity contribution in [2.75, 3.05) is 0 Å². The number of rotatable bonds is 8. The lowest BCUT2D eigenvalue weighted by atomic mass is 9.77. The summed E-state index contributed by atoms with van der Waals surface area (Å²) in [4.78, 5) is 12.5. The summed E-state index contributed by atoms with van der Waals surface area (Å²) in [7, 11) is 0. The predicted molar refractivity (Wildman–Crippen MR) is 111 cm³/mol. The molecule has 0 radical (unpaired) electrons. The van der Waals surface area contributed by atoms with Gasteiger partial charge in [-0.2, -0.15) is 0 Å². The molecule has 2 unspecified atom stereocenters. The van der Waals surface area contributed by atoms with Crippen molar-refractivity contribution in [2.45, 2.75) is 97.0 Å². The highest BCUT2D eigenvalue weighted by atomic mass is 19.2. The van der Waals surface area contributed by atoms with Gasteiger partial charge < -0.3 is 4.74 Å². The highest BCUT2D eigenvalue weighted by Gasteiger charge is 2.33. The van der Waals surface area contributed by atoms with Gasteiger partial charge in [0.05, 0.1) is 5.92 Å². The molecule has 2 atom stereocenters. The lowest BCUT2D eigenvalue weighted by molar-refractivity contribution is -0.161. The van der Waals surface area contributed by atoms with Crippen molar-refractivity contribution in [3.05, 3.63) is 34.9 Å². The number of ether oxygens (including phenoxy) is 1. The van der Waals surface area contributed by atoms with Gasteiger partial charge >= 0.3 is 5.97 Å². The van der Waals surface area contributed by atoms with Crippen molar-refractivity contribution in [2.24, 2.45) is 17.8 Å². The van der Waals surface area contributed by atoms with E-state index in [1.165, 1.54) is 58.3 Å². The Bertz CT molecular complexity index is 680. The molecule has 0 bridgehead atoms. The van der Waals surface area contributed by atoms with Crippen molar-refractivity contribution in [1.29, 1.82) is 0 Å². The number of carbonyl (C=O) groups is 1. The number of halogens is 2. The van der Waals surface area contributed by atoms with Gasteiger partial charge in [0.1, 0.15) is 6.10 Å². The van der Waals surface area contributed by atoms with Gasteiger partial charge in [-0.25, -0.2) is 8.78 Å². The molecule has 1 aliphatic heterocycles. The van der Waals surface area contributed by atoms with Crippen LogP contribution in [-0.4, -0.2) is 5.97 Å². The minimum atomic E-state index is -0.878. The molecule has 3 rings (SSSR count). The summed E-state index contributed by atoms with van der Waals surface area (Å²) in [6.07, 6.45) is 13.2. The largest absolute Gasteiger partial charge is 0.457 e. The molecule has 4 heteroatoms. The van der Waals surface area contributed by atoms with Crippen molar-refractivity contribution < 1.29 is 18.3 Å². The lowest BCUT2D eigenvalue weighted by Gasteiger charge is -2.31. The SMILES string of the molecule is CCCCCC1CCC(CCC2CCC(c3ccc(C)c(F)c3F)OC2=O)CC1. The Balaban J connectivity index is 1.42. The standard InChI is InChI=1S/C25H36F2O2/c1-3-4-5-6-18-8-10-19(11-9-18)12-13-20-14-16-22(29-25(20)28)21-15-7-17(2)23(26)24(21)27/h7,15,18-20,22H,3-6,8-14,16H2,1-2H3. The number of hydrogen-bond acceptors (Lipinski definition) is 2. The average Bonchev–Trinajstić information content (AvgIpc) is 2.72. The zero-order chi connectivity index (χ0) is 20.8. The maximum Gasteiger partial charge on any atom is 0.309 e. The fraction of sp³-hybridized carbons (Fsp3) is 0.720. The average molecular weight is 407 g/mol. The summed E-state index contributed by atoms with van der Waals surface area (Å²) in [6.45, 7) is 3.79. The Morgan fingerprint density at radius 2 is 1.59 bits per heavy atom. The number of cyclic esters (lactones) is 1. The second-order valence-corrected chi connectivity index (χ2v) is 9.26. The fourth-order valence-corrected chi connectivity index (χ4v) is 5.09. The van der Waals surface area contributed by atoms with Crippen LogP contribution in [0, 0.1) is 36.3 Å². The minimum Gasteiger partial charge on any atom is -0.457 e. The maximum absolute atomic E-state index is 14.2. The second-order valence-electron chi connectivity index (χ2n) is 9.26. The number of carbonyl (C=O) groups excluding carboxylic acids is 1. The van der Waals surface area contributed by atoms with Crippen LogP contribution in [-0.2, 0) is 9.53 Å². The van der Waals surface area contributed by atoms with E-state index in [0.717, 1.165) is 24.7 Å². The van der Waals surface area contributed by atoms with E-state index in [-0.39, 0.29) is 23.0 Å². The first-order valence-electron chi connectivity index (χ1n) is 11.6. The Morgan fingerprint density at radius 1 is 0.897 bits per heavy atom. The molecular weight excluding hydrogens is 370 g/mol. The summed E-state index contributed by atoms with van der Waals surface area (Å²) in [5.41, 5.74) is 0.438. The number of hydrogen-bond donors (Lipinski definition) is 0. The molecule has 1 saturated carbocycles. The Labute approximate surface area is 174 Å². The maximum atomic E-state index is 14.2. The van der Waals surface area contributed by atoms with E-state index in [0.29, 0.717) is 12.8 Å². The second kappa shape index (κ2) is 10.5. The van der Waals surface area contributed by atoms with Crippen LogP contribution in [0.25, 0.3) is 0 Å². The van der Waals surface area contributed by atoms with Crippen molar-refractivity contribution in [1.82, 2.24) is 0 Å². The van der Waals surface area contributed by atoms with Gasteiger partial charge in [0.2, 0.25) is 0 Å². The molecule has 2 nitrogen and oxygen atoms in total. The highest BCUT2D eigenvalue weighted by Crippen LogP contribution is 2.38. The molecule has 0 N–H and O–H groups in total. The first-order chi connectivity index (χ1) is 14.0. The number of benzene rings is 1. The van der Waals surface area contributed by atoms with E-state index in [9.17, 15) is 13.6 Å². The molecule has 1 aromatic rings. The van der Waals surface area contributed by atoms with E-state index in [1.54, 1.807) is 12.1 Å². The highest BCUT2D eigenvalue weighted by molar-refractivity contribution is 5.73. The Kier molecular flexibility index (Phi) is 8.08. The van der Waals surface area contributed by atoms with Crippen LogP contribution in [0.2, 0.25) is 0 Å². The number of unbranched alkanes of at least 4 members (excludes halogenated alkanes) is 2. The third-order valence-electron chi connectivity index (χ3n) is 7.13. The summed E-state index contributed by atoms with van der Waals surface area (Å²) < 4.78 is 33.6. The van der Waals surface area contributed by atoms with Gasteiger partial charge in [0, 0.05) is 5.56 Å². The smallest absolute Gasteiger partial charge is 0.309 e. The molecule has 0 aromatic heterocycles. The van der Waals surface area contributed by atoms with Crippen molar-refractivity contribution in [3.8, 4) is 0 Å². The van der Waals surface area contributed by atoms with Crippen LogP contribution in [0.3, 0.4) is 0 Å². The molecule has 1 aromatic carbocycles. The van der Waals surface area contributed by atoms with Gasteiger partial charge in [-0.1, -0.05) is 70.4 Å². The molecule has 1 saturated heterocycles. The van der Waals surface area contributed by atoms with E-state index < -0.39 is 17.7 Å². The normalized spacial score (nSPS) is 27.7. The minimum absolute atomic E-state index is 0.0908. The number of esters is 1. The van der Waals surface area contributed by atoms with Crippen molar-refractivity contribution >= 4 is 5.97 Å². The summed E-state index contributed by atoms with van der Waals surface area (Å²) in [6, 6.07) is 3.09.